The lowest BCUT2D eigenvalue weighted by Gasteiger charge is -2.17. The average Bonchev–Trinajstić information content (AvgIpc) is 2.39. The normalized spacial score (nSPS) is 9.95. The predicted molar refractivity (Wildman–Crippen MR) is 72.9 cm³/mol. The van der Waals surface area contributed by atoms with Gasteiger partial charge in [-0.05, 0) is 24.6 Å². The van der Waals surface area contributed by atoms with E-state index in [0.717, 1.165) is 10.5 Å². The highest BCUT2D eigenvalue weighted by Crippen LogP contribution is 2.23. The van der Waals surface area contributed by atoms with Gasteiger partial charge in [-0.2, -0.15) is 0 Å². The summed E-state index contributed by atoms with van der Waals surface area (Å²) in [4.78, 5) is 35.6. The van der Waals surface area contributed by atoms with E-state index >= 15 is 0 Å². The third-order valence-electron chi connectivity index (χ3n) is 2.57. The summed E-state index contributed by atoms with van der Waals surface area (Å²) in [6.45, 7) is 2.97. The maximum Gasteiger partial charge on any atom is 0.318 e. The molecule has 0 unspecified atom stereocenters. The largest absolute Gasteiger partial charge is 0.506 e. The Kier molecular flexibility index (Phi) is 5.22. The zero-order valence-corrected chi connectivity index (χ0v) is 11.3. The summed E-state index contributed by atoms with van der Waals surface area (Å²) < 4.78 is 0. The molecule has 0 aliphatic heterocycles. The monoisotopic (exact) mass is 279 g/mol. The number of carbonyl (C=O) groups is 3. The van der Waals surface area contributed by atoms with Crippen LogP contribution in [0.3, 0.4) is 0 Å². The van der Waals surface area contributed by atoms with Crippen molar-refractivity contribution in [2.24, 2.45) is 5.73 Å². The highest BCUT2D eigenvalue weighted by molar-refractivity contribution is 6.41. The molecule has 0 radical (unpaired) electrons. The number of hydrogen-bond donors (Lipinski definition) is 3. The number of anilines is 1. The maximum absolute atomic E-state index is 11.8. The molecule has 1 aromatic rings. The second-order valence-electron chi connectivity index (χ2n) is 4.24. The van der Waals surface area contributed by atoms with E-state index in [0.29, 0.717) is 0 Å². The second-order valence-corrected chi connectivity index (χ2v) is 4.24. The first-order valence-electron chi connectivity index (χ1n) is 6.00. The van der Waals surface area contributed by atoms with Gasteiger partial charge >= 0.3 is 11.8 Å². The Hall–Kier alpha value is -2.41. The van der Waals surface area contributed by atoms with Gasteiger partial charge in [-0.1, -0.05) is 6.07 Å². The fourth-order valence-corrected chi connectivity index (χ4v) is 1.58. The van der Waals surface area contributed by atoms with Crippen molar-refractivity contribution in [2.75, 3.05) is 18.4 Å². The van der Waals surface area contributed by atoms with Crippen molar-refractivity contribution in [3.05, 3.63) is 23.8 Å². The minimum Gasteiger partial charge on any atom is -0.506 e. The number of rotatable bonds is 3. The van der Waals surface area contributed by atoms with E-state index < -0.39 is 17.7 Å². The van der Waals surface area contributed by atoms with Gasteiger partial charge in [0.05, 0.1) is 5.69 Å². The number of benzene rings is 1. The molecule has 0 aliphatic carbocycles. The number of imide groups is 1. The lowest BCUT2D eigenvalue weighted by Crippen LogP contribution is -2.44. The van der Waals surface area contributed by atoms with Crippen molar-refractivity contribution in [2.45, 2.75) is 13.8 Å². The first-order chi connectivity index (χ1) is 9.36. The first kappa shape index (κ1) is 15.6. The van der Waals surface area contributed by atoms with Gasteiger partial charge in [0, 0.05) is 20.0 Å². The Labute approximate surface area is 116 Å². The summed E-state index contributed by atoms with van der Waals surface area (Å²) in [7, 11) is 0. The summed E-state index contributed by atoms with van der Waals surface area (Å²) in [5.41, 5.74) is 6.20. The zero-order chi connectivity index (χ0) is 15.3. The molecule has 0 saturated carbocycles. The van der Waals surface area contributed by atoms with Crippen LogP contribution in [0.4, 0.5) is 5.69 Å². The molecule has 0 spiro atoms. The number of carbonyl (C=O) groups excluding carboxylic acids is 3. The van der Waals surface area contributed by atoms with E-state index in [-0.39, 0.29) is 24.5 Å². The van der Waals surface area contributed by atoms with Crippen molar-refractivity contribution in [3.8, 4) is 5.75 Å². The number of hydrogen-bond acceptors (Lipinski definition) is 5. The number of phenolic OH excluding ortho intramolecular Hbond substituents is 1. The molecule has 0 bridgehead atoms. The van der Waals surface area contributed by atoms with E-state index in [1.807, 2.05) is 0 Å². The van der Waals surface area contributed by atoms with Gasteiger partial charge in [-0.25, -0.2) is 0 Å². The lowest BCUT2D eigenvalue weighted by molar-refractivity contribution is -0.149. The lowest BCUT2D eigenvalue weighted by atomic mass is 10.2. The van der Waals surface area contributed by atoms with Crippen molar-refractivity contribution in [1.29, 1.82) is 0 Å². The van der Waals surface area contributed by atoms with Gasteiger partial charge < -0.3 is 16.2 Å². The number of nitrogens with one attached hydrogen (secondary N) is 1. The number of aryl methyl sites for hydroxylation is 1. The molecule has 7 nitrogen and oxygen atoms in total. The van der Waals surface area contributed by atoms with Crippen molar-refractivity contribution in [1.82, 2.24) is 4.90 Å². The maximum atomic E-state index is 11.8. The third-order valence-corrected chi connectivity index (χ3v) is 2.57. The smallest absolute Gasteiger partial charge is 0.318 e. The summed E-state index contributed by atoms with van der Waals surface area (Å²) in [6.07, 6.45) is 0. The summed E-state index contributed by atoms with van der Waals surface area (Å²) in [6, 6.07) is 4.57. The Balaban J connectivity index is 2.87. The number of nitrogens with two attached hydrogens (primary N) is 1. The molecule has 0 atom stereocenters. The minimum absolute atomic E-state index is 0.0403. The molecule has 0 fully saturated rings. The molecular formula is C13H17N3O4. The van der Waals surface area contributed by atoms with Gasteiger partial charge in [-0.15, -0.1) is 0 Å². The highest BCUT2D eigenvalue weighted by Gasteiger charge is 2.25. The van der Waals surface area contributed by atoms with Gasteiger partial charge in [0.25, 0.3) is 0 Å². The molecule has 108 valence electrons. The molecule has 0 aromatic heterocycles. The molecular weight excluding hydrogens is 262 g/mol. The standard InChI is InChI=1S/C13H17N3O4/c1-8-3-4-11(18)10(7-8)15-12(19)13(20)16(6-5-14)9(2)17/h3-4,7,18H,5-6,14H2,1-2H3,(H,15,19). The van der Waals surface area contributed by atoms with Crippen molar-refractivity contribution < 1.29 is 19.5 Å². The average molecular weight is 279 g/mol. The molecule has 7 heteroatoms. The van der Waals surface area contributed by atoms with Crippen LogP contribution in [0, 0.1) is 6.92 Å². The van der Waals surface area contributed by atoms with E-state index in [1.54, 1.807) is 13.0 Å². The van der Waals surface area contributed by atoms with Gasteiger partial charge in [0.2, 0.25) is 5.91 Å². The molecule has 1 aromatic carbocycles. The van der Waals surface area contributed by atoms with Crippen LogP contribution in [-0.4, -0.2) is 40.8 Å². The van der Waals surface area contributed by atoms with Crippen molar-refractivity contribution >= 4 is 23.4 Å². The van der Waals surface area contributed by atoms with Crippen LogP contribution in [0.25, 0.3) is 0 Å². The van der Waals surface area contributed by atoms with E-state index in [9.17, 15) is 19.5 Å². The molecule has 0 heterocycles. The third kappa shape index (κ3) is 3.79. The summed E-state index contributed by atoms with van der Waals surface area (Å²) >= 11 is 0. The van der Waals surface area contributed by atoms with Gasteiger partial charge in [-0.3, -0.25) is 19.3 Å². The Morgan fingerprint density at radius 3 is 2.55 bits per heavy atom. The molecule has 4 N–H and O–H groups in total. The molecule has 20 heavy (non-hydrogen) atoms. The Morgan fingerprint density at radius 1 is 1.35 bits per heavy atom. The zero-order valence-electron chi connectivity index (χ0n) is 11.3. The van der Waals surface area contributed by atoms with E-state index in [2.05, 4.69) is 5.32 Å². The van der Waals surface area contributed by atoms with Crippen LogP contribution >= 0.6 is 0 Å². The van der Waals surface area contributed by atoms with Gasteiger partial charge in [0.1, 0.15) is 5.75 Å². The Bertz CT molecular complexity index is 542. The minimum atomic E-state index is -1.01. The van der Waals surface area contributed by atoms with Crippen LogP contribution < -0.4 is 11.1 Å². The SMILES string of the molecule is CC(=O)N(CCN)C(=O)C(=O)Nc1cc(C)ccc1O. The van der Waals surface area contributed by atoms with Crippen LogP contribution in [-0.2, 0) is 14.4 Å². The van der Waals surface area contributed by atoms with E-state index in [4.69, 9.17) is 5.73 Å². The van der Waals surface area contributed by atoms with Crippen LogP contribution in [0.1, 0.15) is 12.5 Å². The summed E-state index contributed by atoms with van der Waals surface area (Å²) in [5.74, 6) is -2.74. The number of aromatic hydroxyl groups is 1. The topological polar surface area (TPSA) is 113 Å². The van der Waals surface area contributed by atoms with E-state index in [1.165, 1.54) is 19.1 Å². The fraction of sp³-hybridized carbons (Fsp3) is 0.308. The van der Waals surface area contributed by atoms with Crippen molar-refractivity contribution in [3.63, 3.8) is 0 Å². The predicted octanol–water partition coefficient (Wildman–Crippen LogP) is -0.0271. The Morgan fingerprint density at radius 2 is 2.00 bits per heavy atom. The molecule has 0 saturated heterocycles. The molecule has 0 aliphatic rings. The second kappa shape index (κ2) is 6.67. The number of nitrogens with zero attached hydrogens (tertiary/aromatic N) is 1. The van der Waals surface area contributed by atoms with Crippen LogP contribution in [0.5, 0.6) is 5.75 Å². The quantitative estimate of drug-likeness (QED) is 0.531. The number of amides is 3. The number of phenols is 1. The molecule has 3 amide bonds. The van der Waals surface area contributed by atoms with Crippen LogP contribution in [0.2, 0.25) is 0 Å². The first-order valence-corrected chi connectivity index (χ1v) is 6.00. The molecule has 1 rings (SSSR count). The van der Waals surface area contributed by atoms with Gasteiger partial charge in [0.15, 0.2) is 0 Å². The van der Waals surface area contributed by atoms with Crippen LogP contribution in [0.15, 0.2) is 18.2 Å². The highest BCUT2D eigenvalue weighted by atomic mass is 16.3. The summed E-state index contributed by atoms with van der Waals surface area (Å²) in [5, 5.41) is 11.9. The fourth-order valence-electron chi connectivity index (χ4n) is 1.58.